The smallest absolute Gasteiger partial charge is 0.275 e. The molecule has 5 N–H and O–H groups in total. The van der Waals surface area contributed by atoms with Crippen LogP contribution in [0.15, 0.2) is 17.3 Å². The fourth-order valence-electron chi connectivity index (χ4n) is 1.90. The van der Waals surface area contributed by atoms with Crippen molar-refractivity contribution in [1.29, 1.82) is 0 Å². The molecule has 2 atom stereocenters. The summed E-state index contributed by atoms with van der Waals surface area (Å²) in [6.07, 6.45) is 2.05. The van der Waals surface area contributed by atoms with Crippen molar-refractivity contribution >= 4 is 11.0 Å². The van der Waals surface area contributed by atoms with Gasteiger partial charge in [-0.1, -0.05) is 6.92 Å². The largest absolute Gasteiger partial charge is 0.390 e. The molecule has 0 amide bonds. The Morgan fingerprint density at radius 3 is 2.89 bits per heavy atom. The average molecular weight is 266 g/mol. The van der Waals surface area contributed by atoms with Gasteiger partial charge in [0.25, 0.3) is 5.56 Å². The van der Waals surface area contributed by atoms with Gasteiger partial charge in [-0.3, -0.25) is 4.79 Å². The van der Waals surface area contributed by atoms with Gasteiger partial charge in [-0.2, -0.15) is 0 Å². The zero-order chi connectivity index (χ0) is 13.8. The minimum Gasteiger partial charge on any atom is -0.390 e. The molecule has 0 fully saturated rings. The second-order valence-electron chi connectivity index (χ2n) is 4.44. The quantitative estimate of drug-likeness (QED) is 0.482. The normalized spacial score (nSPS) is 14.7. The Morgan fingerprint density at radius 2 is 2.16 bits per heavy atom. The first kappa shape index (κ1) is 13.7. The van der Waals surface area contributed by atoms with Crippen LogP contribution in [0.4, 0.5) is 0 Å². The van der Waals surface area contributed by atoms with Gasteiger partial charge in [-0.15, -0.1) is 0 Å². The van der Waals surface area contributed by atoms with Crippen molar-refractivity contribution in [3.8, 4) is 0 Å². The predicted molar refractivity (Wildman–Crippen MR) is 70.7 cm³/mol. The highest BCUT2D eigenvalue weighted by Crippen LogP contribution is 2.10. The van der Waals surface area contributed by atoms with Crippen LogP contribution in [0.2, 0.25) is 0 Å². The van der Waals surface area contributed by atoms with Crippen molar-refractivity contribution in [1.82, 2.24) is 20.3 Å². The highest BCUT2D eigenvalue weighted by Gasteiger charge is 2.14. The fourth-order valence-corrected chi connectivity index (χ4v) is 1.90. The van der Waals surface area contributed by atoms with Crippen LogP contribution < -0.4 is 10.9 Å². The van der Waals surface area contributed by atoms with Crippen molar-refractivity contribution < 1.29 is 10.2 Å². The van der Waals surface area contributed by atoms with Gasteiger partial charge in [0.2, 0.25) is 0 Å². The third-order valence-corrected chi connectivity index (χ3v) is 3.08. The molecular formula is C12H18N4O3. The molecule has 2 rings (SSSR count). The van der Waals surface area contributed by atoms with Crippen molar-refractivity contribution in [3.63, 3.8) is 0 Å². The molecule has 0 bridgehead atoms. The Hall–Kier alpha value is -1.70. The number of aliphatic hydroxyl groups excluding tert-OH is 2. The molecule has 0 radical (unpaired) electrons. The van der Waals surface area contributed by atoms with Crippen molar-refractivity contribution in [3.05, 3.63) is 28.4 Å². The van der Waals surface area contributed by atoms with Crippen LogP contribution in [0.3, 0.4) is 0 Å². The number of aromatic amines is 2. The van der Waals surface area contributed by atoms with Gasteiger partial charge in [-0.05, 0) is 6.42 Å². The van der Waals surface area contributed by atoms with Crippen LogP contribution >= 0.6 is 0 Å². The SMILES string of the molecule is CCC(O)C(O)CNCc1c[nH]c2c(=O)[nH]cnc12. The number of nitrogens with zero attached hydrogens (tertiary/aromatic N) is 1. The molecule has 0 aromatic carbocycles. The fraction of sp³-hybridized carbons (Fsp3) is 0.500. The van der Waals surface area contributed by atoms with Crippen molar-refractivity contribution in [2.45, 2.75) is 32.1 Å². The van der Waals surface area contributed by atoms with E-state index in [-0.39, 0.29) is 12.1 Å². The molecule has 2 aromatic rings. The molecule has 7 heteroatoms. The van der Waals surface area contributed by atoms with Crippen LogP contribution in [0.5, 0.6) is 0 Å². The second-order valence-corrected chi connectivity index (χ2v) is 4.44. The lowest BCUT2D eigenvalue weighted by Gasteiger charge is -2.16. The highest BCUT2D eigenvalue weighted by molar-refractivity contribution is 5.77. The lowest BCUT2D eigenvalue weighted by atomic mass is 10.1. The molecule has 0 saturated carbocycles. The standard InChI is InChI=1S/C12H18N4O3/c1-2-8(17)9(18)5-13-3-7-4-14-11-10(7)15-6-16-12(11)19/h4,6,8-9,13-14,17-18H,2-3,5H2,1H3,(H,15,16,19). The number of nitrogens with one attached hydrogen (secondary N) is 3. The van der Waals surface area contributed by atoms with E-state index in [2.05, 4.69) is 20.3 Å². The Kier molecular flexibility index (Phi) is 4.31. The summed E-state index contributed by atoms with van der Waals surface area (Å²) in [5.74, 6) is 0. The van der Waals surface area contributed by atoms with E-state index in [9.17, 15) is 15.0 Å². The van der Waals surface area contributed by atoms with Crippen LogP contribution in [0.1, 0.15) is 18.9 Å². The first-order chi connectivity index (χ1) is 9.13. The highest BCUT2D eigenvalue weighted by atomic mass is 16.3. The summed E-state index contributed by atoms with van der Waals surface area (Å²) in [7, 11) is 0. The minimum absolute atomic E-state index is 0.210. The molecule has 0 aliphatic heterocycles. The van der Waals surface area contributed by atoms with Crippen LogP contribution in [-0.2, 0) is 6.54 Å². The molecule has 2 aromatic heterocycles. The Balaban J connectivity index is 1.99. The van der Waals surface area contributed by atoms with Crippen LogP contribution in [-0.4, -0.2) is 43.9 Å². The van der Waals surface area contributed by atoms with Gasteiger partial charge in [0.15, 0.2) is 0 Å². The van der Waals surface area contributed by atoms with Crippen molar-refractivity contribution in [2.75, 3.05) is 6.54 Å². The number of aromatic nitrogens is 3. The first-order valence-corrected chi connectivity index (χ1v) is 6.24. The van der Waals surface area contributed by atoms with Gasteiger partial charge in [0.05, 0.1) is 24.1 Å². The second kappa shape index (κ2) is 5.96. The van der Waals surface area contributed by atoms with E-state index >= 15 is 0 Å². The van der Waals surface area contributed by atoms with Gasteiger partial charge in [-0.25, -0.2) is 4.98 Å². The summed E-state index contributed by atoms with van der Waals surface area (Å²) >= 11 is 0. The number of fused-ring (bicyclic) bond motifs is 1. The lowest BCUT2D eigenvalue weighted by Crippen LogP contribution is -2.35. The maximum Gasteiger partial charge on any atom is 0.275 e. The summed E-state index contributed by atoms with van der Waals surface area (Å²) in [5.41, 5.74) is 1.69. The maximum atomic E-state index is 11.5. The van der Waals surface area contributed by atoms with E-state index < -0.39 is 12.2 Å². The zero-order valence-electron chi connectivity index (χ0n) is 10.7. The summed E-state index contributed by atoms with van der Waals surface area (Å²) in [6, 6.07) is 0. The van der Waals surface area contributed by atoms with E-state index in [0.717, 1.165) is 5.56 Å². The van der Waals surface area contributed by atoms with Crippen LogP contribution in [0.25, 0.3) is 11.0 Å². The van der Waals surface area contributed by atoms with E-state index in [1.807, 2.05) is 6.92 Å². The van der Waals surface area contributed by atoms with E-state index in [4.69, 9.17) is 0 Å². The third kappa shape index (κ3) is 3.01. The summed E-state index contributed by atoms with van der Waals surface area (Å²) < 4.78 is 0. The summed E-state index contributed by atoms with van der Waals surface area (Å²) in [4.78, 5) is 21.0. The Labute approximate surface area is 109 Å². The molecule has 0 saturated heterocycles. The first-order valence-electron chi connectivity index (χ1n) is 6.24. The van der Waals surface area contributed by atoms with Gasteiger partial charge in [0.1, 0.15) is 5.52 Å². The van der Waals surface area contributed by atoms with Gasteiger partial charge < -0.3 is 25.5 Å². The van der Waals surface area contributed by atoms with E-state index in [1.54, 1.807) is 6.20 Å². The maximum absolute atomic E-state index is 11.5. The number of aliphatic hydroxyl groups is 2. The topological polar surface area (TPSA) is 114 Å². The van der Waals surface area contributed by atoms with E-state index in [0.29, 0.717) is 24.0 Å². The average Bonchev–Trinajstić information content (AvgIpc) is 2.82. The number of rotatable bonds is 6. The molecule has 19 heavy (non-hydrogen) atoms. The van der Waals surface area contributed by atoms with E-state index in [1.165, 1.54) is 6.33 Å². The third-order valence-electron chi connectivity index (χ3n) is 3.08. The van der Waals surface area contributed by atoms with Gasteiger partial charge in [0, 0.05) is 24.8 Å². The molecule has 2 heterocycles. The molecule has 104 valence electrons. The molecule has 0 aliphatic rings. The Bertz CT molecular complexity index is 592. The Morgan fingerprint density at radius 1 is 1.37 bits per heavy atom. The number of H-pyrrole nitrogens is 2. The molecule has 0 spiro atoms. The van der Waals surface area contributed by atoms with Crippen LogP contribution in [0, 0.1) is 0 Å². The summed E-state index contributed by atoms with van der Waals surface area (Å²) in [5, 5.41) is 22.1. The predicted octanol–water partition coefficient (Wildman–Crippen LogP) is -0.527. The molecule has 2 unspecified atom stereocenters. The molecule has 0 aliphatic carbocycles. The zero-order valence-corrected chi connectivity index (χ0v) is 10.7. The minimum atomic E-state index is -0.799. The summed E-state index contributed by atoms with van der Waals surface area (Å²) in [6.45, 7) is 2.55. The van der Waals surface area contributed by atoms with Gasteiger partial charge >= 0.3 is 0 Å². The monoisotopic (exact) mass is 266 g/mol. The number of hydrogen-bond donors (Lipinski definition) is 5. The lowest BCUT2D eigenvalue weighted by molar-refractivity contribution is 0.0182. The molecular weight excluding hydrogens is 248 g/mol. The number of hydrogen-bond acceptors (Lipinski definition) is 5. The molecule has 7 nitrogen and oxygen atoms in total. The van der Waals surface area contributed by atoms with Crippen molar-refractivity contribution in [2.24, 2.45) is 0 Å².